The van der Waals surface area contributed by atoms with E-state index in [0.29, 0.717) is 29.9 Å². The van der Waals surface area contributed by atoms with Gasteiger partial charge in [0.25, 0.3) is 5.91 Å². The zero-order valence-electron chi connectivity index (χ0n) is 13.8. The summed E-state index contributed by atoms with van der Waals surface area (Å²) in [5.41, 5.74) is 0.558. The van der Waals surface area contributed by atoms with Crippen molar-refractivity contribution in [3.8, 4) is 11.5 Å². The van der Waals surface area contributed by atoms with E-state index in [1.54, 1.807) is 12.1 Å². The SMILES string of the molecule is COc1cc(C(=O)NC2(CC(=O)O)CCCC2)cc(OC)c1C. The normalized spacial score (nSPS) is 16.0. The molecule has 2 rings (SSSR count). The molecule has 6 nitrogen and oxygen atoms in total. The van der Waals surface area contributed by atoms with Gasteiger partial charge in [0.15, 0.2) is 0 Å². The third-order valence-corrected chi connectivity index (χ3v) is 4.44. The lowest BCUT2D eigenvalue weighted by atomic mass is 9.92. The van der Waals surface area contributed by atoms with E-state index in [2.05, 4.69) is 5.32 Å². The summed E-state index contributed by atoms with van der Waals surface area (Å²) in [7, 11) is 3.07. The number of benzene rings is 1. The molecule has 1 amide bonds. The van der Waals surface area contributed by atoms with Gasteiger partial charge in [-0.3, -0.25) is 9.59 Å². The van der Waals surface area contributed by atoms with Gasteiger partial charge in [-0.1, -0.05) is 12.8 Å². The van der Waals surface area contributed by atoms with Crippen LogP contribution in [0.3, 0.4) is 0 Å². The zero-order chi connectivity index (χ0) is 17.0. The van der Waals surface area contributed by atoms with E-state index in [0.717, 1.165) is 18.4 Å². The fraction of sp³-hybridized carbons (Fsp3) is 0.529. The second kappa shape index (κ2) is 6.89. The molecule has 0 unspecified atom stereocenters. The first-order valence-electron chi connectivity index (χ1n) is 7.68. The highest BCUT2D eigenvalue weighted by molar-refractivity contribution is 5.96. The summed E-state index contributed by atoms with van der Waals surface area (Å²) in [4.78, 5) is 23.8. The first-order valence-corrected chi connectivity index (χ1v) is 7.68. The maximum Gasteiger partial charge on any atom is 0.305 e. The van der Waals surface area contributed by atoms with Crippen molar-refractivity contribution in [1.29, 1.82) is 0 Å². The highest BCUT2D eigenvalue weighted by Gasteiger charge is 2.37. The van der Waals surface area contributed by atoms with Gasteiger partial charge in [-0.2, -0.15) is 0 Å². The average molecular weight is 321 g/mol. The number of carboxylic acid groups (broad SMARTS) is 1. The van der Waals surface area contributed by atoms with Gasteiger partial charge in [-0.05, 0) is 31.9 Å². The highest BCUT2D eigenvalue weighted by Crippen LogP contribution is 2.34. The number of hydrogen-bond donors (Lipinski definition) is 2. The lowest BCUT2D eigenvalue weighted by Gasteiger charge is -2.29. The van der Waals surface area contributed by atoms with Gasteiger partial charge in [-0.15, -0.1) is 0 Å². The number of carbonyl (C=O) groups excluding carboxylic acids is 1. The van der Waals surface area contributed by atoms with Crippen molar-refractivity contribution in [3.05, 3.63) is 23.3 Å². The molecule has 126 valence electrons. The Balaban J connectivity index is 2.27. The van der Waals surface area contributed by atoms with Crippen LogP contribution < -0.4 is 14.8 Å². The van der Waals surface area contributed by atoms with Crippen molar-refractivity contribution < 1.29 is 24.2 Å². The fourth-order valence-corrected chi connectivity index (χ4v) is 3.22. The molecule has 0 saturated heterocycles. The number of aliphatic carboxylic acids is 1. The molecule has 1 fully saturated rings. The summed E-state index contributed by atoms with van der Waals surface area (Å²) in [6, 6.07) is 3.30. The van der Waals surface area contributed by atoms with Gasteiger partial charge in [0.2, 0.25) is 0 Å². The Morgan fingerprint density at radius 2 is 1.70 bits per heavy atom. The number of ether oxygens (including phenoxy) is 2. The minimum absolute atomic E-state index is 0.0567. The van der Waals surface area contributed by atoms with Gasteiger partial charge in [0.05, 0.1) is 26.2 Å². The molecular weight excluding hydrogens is 298 g/mol. The number of nitrogens with one attached hydrogen (secondary N) is 1. The average Bonchev–Trinajstić information content (AvgIpc) is 2.94. The lowest BCUT2D eigenvalue weighted by Crippen LogP contribution is -2.47. The Hall–Kier alpha value is -2.24. The smallest absolute Gasteiger partial charge is 0.305 e. The molecule has 0 aromatic heterocycles. The van der Waals surface area contributed by atoms with Crippen molar-refractivity contribution in [2.45, 2.75) is 44.6 Å². The molecule has 0 heterocycles. The van der Waals surface area contributed by atoms with Crippen LogP contribution in [-0.4, -0.2) is 36.7 Å². The number of hydrogen-bond acceptors (Lipinski definition) is 4. The van der Waals surface area contributed by atoms with Crippen LogP contribution in [0.5, 0.6) is 11.5 Å². The summed E-state index contributed by atoms with van der Waals surface area (Å²) in [6.45, 7) is 1.85. The van der Waals surface area contributed by atoms with Crippen molar-refractivity contribution in [2.75, 3.05) is 14.2 Å². The number of rotatable bonds is 6. The second-order valence-electron chi connectivity index (χ2n) is 6.02. The third kappa shape index (κ3) is 3.75. The molecule has 23 heavy (non-hydrogen) atoms. The first kappa shape index (κ1) is 17.1. The standard InChI is InChI=1S/C17H23NO5/c1-11-13(22-2)8-12(9-14(11)23-3)16(21)18-17(10-15(19)20)6-4-5-7-17/h8-9H,4-7,10H2,1-3H3,(H,18,21)(H,19,20). The monoisotopic (exact) mass is 321 g/mol. The number of methoxy groups -OCH3 is 2. The van der Waals surface area contributed by atoms with Crippen LogP contribution >= 0.6 is 0 Å². The summed E-state index contributed by atoms with van der Waals surface area (Å²) in [5.74, 6) is -0.0718. The van der Waals surface area contributed by atoms with Gasteiger partial charge < -0.3 is 19.9 Å². The van der Waals surface area contributed by atoms with E-state index >= 15 is 0 Å². The van der Waals surface area contributed by atoms with Gasteiger partial charge in [-0.25, -0.2) is 0 Å². The molecule has 0 atom stereocenters. The molecule has 6 heteroatoms. The summed E-state index contributed by atoms with van der Waals surface area (Å²) >= 11 is 0. The molecule has 0 radical (unpaired) electrons. The Morgan fingerprint density at radius 1 is 1.17 bits per heavy atom. The predicted molar refractivity (Wildman–Crippen MR) is 85.2 cm³/mol. The Labute approximate surface area is 135 Å². The van der Waals surface area contributed by atoms with E-state index in [4.69, 9.17) is 14.6 Å². The van der Waals surface area contributed by atoms with Crippen molar-refractivity contribution >= 4 is 11.9 Å². The molecule has 0 bridgehead atoms. The van der Waals surface area contributed by atoms with E-state index in [1.807, 2.05) is 6.92 Å². The Morgan fingerprint density at radius 3 is 2.13 bits per heavy atom. The van der Waals surface area contributed by atoms with Crippen LogP contribution in [0.1, 0.15) is 48.0 Å². The second-order valence-corrected chi connectivity index (χ2v) is 6.02. The predicted octanol–water partition coefficient (Wildman–Crippen LogP) is 2.53. The van der Waals surface area contributed by atoms with Crippen LogP contribution in [0.4, 0.5) is 0 Å². The maximum atomic E-state index is 12.6. The molecule has 1 aliphatic carbocycles. The maximum absolute atomic E-state index is 12.6. The van der Waals surface area contributed by atoms with Crippen molar-refractivity contribution in [3.63, 3.8) is 0 Å². The minimum atomic E-state index is -0.897. The van der Waals surface area contributed by atoms with E-state index in [9.17, 15) is 9.59 Å². The van der Waals surface area contributed by atoms with Crippen LogP contribution in [-0.2, 0) is 4.79 Å². The fourth-order valence-electron chi connectivity index (χ4n) is 3.22. The first-order chi connectivity index (χ1) is 10.9. The van der Waals surface area contributed by atoms with E-state index in [-0.39, 0.29) is 12.3 Å². The zero-order valence-corrected chi connectivity index (χ0v) is 13.8. The van der Waals surface area contributed by atoms with E-state index in [1.165, 1.54) is 14.2 Å². The molecule has 2 N–H and O–H groups in total. The van der Waals surface area contributed by atoms with Crippen LogP contribution in [0.25, 0.3) is 0 Å². The van der Waals surface area contributed by atoms with Gasteiger partial charge in [0, 0.05) is 11.1 Å². The summed E-state index contributed by atoms with van der Waals surface area (Å²) in [6.07, 6.45) is 3.16. The molecule has 0 aliphatic heterocycles. The molecule has 1 saturated carbocycles. The summed E-state index contributed by atoms with van der Waals surface area (Å²) in [5, 5.41) is 12.1. The van der Waals surface area contributed by atoms with Crippen molar-refractivity contribution in [2.24, 2.45) is 0 Å². The molecular formula is C17H23NO5. The number of carboxylic acids is 1. The van der Waals surface area contributed by atoms with E-state index < -0.39 is 11.5 Å². The summed E-state index contributed by atoms with van der Waals surface area (Å²) < 4.78 is 10.6. The Bertz CT molecular complexity index is 580. The quantitative estimate of drug-likeness (QED) is 0.841. The van der Waals surface area contributed by atoms with Crippen LogP contribution in [0.2, 0.25) is 0 Å². The molecule has 0 spiro atoms. The molecule has 1 aliphatic rings. The topological polar surface area (TPSA) is 84.9 Å². The van der Waals surface area contributed by atoms with Gasteiger partial charge in [0.1, 0.15) is 11.5 Å². The minimum Gasteiger partial charge on any atom is -0.496 e. The molecule has 1 aromatic rings. The number of amides is 1. The lowest BCUT2D eigenvalue weighted by molar-refractivity contribution is -0.138. The third-order valence-electron chi connectivity index (χ3n) is 4.44. The Kier molecular flexibility index (Phi) is 5.13. The van der Waals surface area contributed by atoms with Crippen molar-refractivity contribution in [1.82, 2.24) is 5.32 Å². The van der Waals surface area contributed by atoms with Crippen LogP contribution in [0.15, 0.2) is 12.1 Å². The van der Waals surface area contributed by atoms with Gasteiger partial charge >= 0.3 is 5.97 Å². The molecule has 1 aromatic carbocycles. The largest absolute Gasteiger partial charge is 0.496 e. The highest BCUT2D eigenvalue weighted by atomic mass is 16.5. The van der Waals surface area contributed by atoms with Crippen LogP contribution in [0, 0.1) is 6.92 Å². The number of carbonyl (C=O) groups is 2.